The van der Waals surface area contributed by atoms with E-state index in [1.54, 1.807) is 0 Å². The number of esters is 1. The van der Waals surface area contributed by atoms with E-state index in [9.17, 15) is 9.59 Å². The molecule has 0 N–H and O–H groups in total. The third-order valence-electron chi connectivity index (χ3n) is 2.55. The maximum absolute atomic E-state index is 11.8. The minimum atomic E-state index is -0.767. The maximum atomic E-state index is 11.8. The minimum absolute atomic E-state index is 0.0215. The van der Waals surface area contributed by atoms with Gasteiger partial charge < -0.3 is 23.4 Å². The number of hydrogen-bond donors (Lipinski definition) is 0. The predicted molar refractivity (Wildman–Crippen MR) is 70.1 cm³/mol. The molecule has 0 amide bonds. The highest BCUT2D eigenvalue weighted by molar-refractivity contribution is 9.10. The summed E-state index contributed by atoms with van der Waals surface area (Å²) in [5, 5.41) is 0. The van der Waals surface area contributed by atoms with Crippen molar-refractivity contribution >= 4 is 21.9 Å². The minimum Gasteiger partial charge on any atom is -0.483 e. The lowest BCUT2D eigenvalue weighted by molar-refractivity contribution is -0.101. The molecule has 0 aliphatic carbocycles. The van der Waals surface area contributed by atoms with Crippen molar-refractivity contribution in [2.45, 2.75) is 6.10 Å². The molecular weight excluding hydrogens is 336 g/mol. The first-order valence-electron chi connectivity index (χ1n) is 5.86. The fraction of sp³-hybridized carbons (Fsp3) is 0.500. The van der Waals surface area contributed by atoms with Crippen LogP contribution in [0.25, 0.3) is 0 Å². The van der Waals surface area contributed by atoms with E-state index in [2.05, 4.69) is 20.7 Å². The highest BCUT2D eigenvalue weighted by Gasteiger charge is 2.20. The summed E-state index contributed by atoms with van der Waals surface area (Å²) in [6, 6.07) is 1.32. The average Bonchev–Trinajstić information content (AvgIpc) is 2.46. The van der Waals surface area contributed by atoms with Crippen LogP contribution in [-0.4, -0.2) is 45.6 Å². The topological polar surface area (TPSA) is 84.2 Å². The van der Waals surface area contributed by atoms with Crippen molar-refractivity contribution in [3.63, 3.8) is 0 Å². The van der Waals surface area contributed by atoms with Gasteiger partial charge in [0.1, 0.15) is 12.7 Å². The van der Waals surface area contributed by atoms with Crippen molar-refractivity contribution in [2.24, 2.45) is 0 Å². The SMILES string of the molecule is COC(=O)c1cc(Br)c(OCC2COCCO2)c(=O)o1. The van der Waals surface area contributed by atoms with Gasteiger partial charge in [-0.3, -0.25) is 0 Å². The molecule has 0 radical (unpaired) electrons. The summed E-state index contributed by atoms with van der Waals surface area (Å²) in [5.41, 5.74) is -0.767. The highest BCUT2D eigenvalue weighted by Crippen LogP contribution is 2.22. The largest absolute Gasteiger partial charge is 0.483 e. The molecule has 1 aliphatic heterocycles. The van der Waals surface area contributed by atoms with Gasteiger partial charge in [-0.2, -0.15) is 0 Å². The van der Waals surface area contributed by atoms with Gasteiger partial charge in [-0.15, -0.1) is 0 Å². The van der Waals surface area contributed by atoms with Crippen LogP contribution in [0.1, 0.15) is 10.6 Å². The molecule has 0 bridgehead atoms. The molecule has 7 nitrogen and oxygen atoms in total. The van der Waals surface area contributed by atoms with Crippen molar-refractivity contribution in [3.05, 3.63) is 26.7 Å². The highest BCUT2D eigenvalue weighted by atomic mass is 79.9. The number of carbonyl (C=O) groups excluding carboxylic acids is 1. The van der Waals surface area contributed by atoms with Crippen molar-refractivity contribution in [1.82, 2.24) is 0 Å². The van der Waals surface area contributed by atoms with Crippen LogP contribution in [0.15, 0.2) is 19.8 Å². The first-order chi connectivity index (χ1) is 9.61. The second-order valence-electron chi connectivity index (χ2n) is 3.95. The van der Waals surface area contributed by atoms with E-state index in [0.717, 1.165) is 0 Å². The van der Waals surface area contributed by atoms with E-state index in [-0.39, 0.29) is 24.2 Å². The number of rotatable bonds is 4. The Balaban J connectivity index is 2.08. The smallest absolute Gasteiger partial charge is 0.380 e. The van der Waals surface area contributed by atoms with E-state index in [4.69, 9.17) is 18.6 Å². The number of carbonyl (C=O) groups is 1. The molecule has 2 rings (SSSR count). The molecule has 0 aromatic carbocycles. The molecule has 1 saturated heterocycles. The van der Waals surface area contributed by atoms with E-state index >= 15 is 0 Å². The quantitative estimate of drug-likeness (QED) is 0.750. The average molecular weight is 349 g/mol. The number of methoxy groups -OCH3 is 1. The van der Waals surface area contributed by atoms with Crippen LogP contribution in [0.3, 0.4) is 0 Å². The van der Waals surface area contributed by atoms with Crippen LogP contribution in [-0.2, 0) is 14.2 Å². The predicted octanol–water partition coefficient (Wildman–Crippen LogP) is 0.983. The summed E-state index contributed by atoms with van der Waals surface area (Å²) in [7, 11) is 1.20. The summed E-state index contributed by atoms with van der Waals surface area (Å²) in [6.07, 6.45) is -0.240. The third kappa shape index (κ3) is 3.59. The zero-order chi connectivity index (χ0) is 14.5. The van der Waals surface area contributed by atoms with Crippen molar-refractivity contribution < 1.29 is 28.2 Å². The van der Waals surface area contributed by atoms with Crippen LogP contribution < -0.4 is 10.4 Å². The molecule has 1 atom stereocenters. The normalized spacial score (nSPS) is 18.6. The Morgan fingerprint density at radius 1 is 1.50 bits per heavy atom. The second-order valence-corrected chi connectivity index (χ2v) is 4.80. The number of hydrogen-bond acceptors (Lipinski definition) is 7. The molecule has 1 fully saturated rings. The Morgan fingerprint density at radius 3 is 2.90 bits per heavy atom. The molecule has 110 valence electrons. The lowest BCUT2D eigenvalue weighted by atomic mass is 10.3. The molecule has 0 saturated carbocycles. The van der Waals surface area contributed by atoms with Gasteiger partial charge in [-0.25, -0.2) is 9.59 Å². The van der Waals surface area contributed by atoms with Crippen molar-refractivity contribution in [1.29, 1.82) is 0 Å². The van der Waals surface area contributed by atoms with Crippen LogP contribution in [0.4, 0.5) is 0 Å². The first-order valence-corrected chi connectivity index (χ1v) is 6.65. The van der Waals surface area contributed by atoms with Crippen molar-refractivity contribution in [3.8, 4) is 5.75 Å². The van der Waals surface area contributed by atoms with Gasteiger partial charge in [0.25, 0.3) is 0 Å². The molecule has 1 aromatic rings. The fourth-order valence-electron chi connectivity index (χ4n) is 1.59. The Labute approximate surface area is 122 Å². The van der Waals surface area contributed by atoms with Gasteiger partial charge in [0.2, 0.25) is 11.5 Å². The molecule has 20 heavy (non-hydrogen) atoms. The van der Waals surface area contributed by atoms with E-state index in [1.807, 2.05) is 0 Å². The van der Waals surface area contributed by atoms with E-state index < -0.39 is 11.6 Å². The van der Waals surface area contributed by atoms with Crippen LogP contribution in [0.5, 0.6) is 5.75 Å². The molecule has 1 aromatic heterocycles. The molecule has 8 heteroatoms. The number of halogens is 1. The van der Waals surface area contributed by atoms with Crippen LogP contribution in [0, 0.1) is 0 Å². The lowest BCUT2D eigenvalue weighted by Gasteiger charge is -2.22. The maximum Gasteiger partial charge on any atom is 0.380 e. The Hall–Kier alpha value is -1.38. The number of ether oxygens (including phenoxy) is 4. The summed E-state index contributed by atoms with van der Waals surface area (Å²) < 4.78 is 25.6. The first kappa shape index (κ1) is 15.0. The monoisotopic (exact) mass is 348 g/mol. The Morgan fingerprint density at radius 2 is 2.30 bits per heavy atom. The van der Waals surface area contributed by atoms with Gasteiger partial charge in [0.15, 0.2) is 0 Å². The molecule has 2 heterocycles. The van der Waals surface area contributed by atoms with Crippen LogP contribution >= 0.6 is 15.9 Å². The zero-order valence-electron chi connectivity index (χ0n) is 10.7. The van der Waals surface area contributed by atoms with Gasteiger partial charge in [-0.1, -0.05) is 0 Å². The van der Waals surface area contributed by atoms with Gasteiger partial charge in [0, 0.05) is 6.07 Å². The summed E-state index contributed by atoms with van der Waals surface area (Å²) in [5.74, 6) is -0.959. The lowest BCUT2D eigenvalue weighted by Crippen LogP contribution is -2.34. The standard InChI is InChI=1S/C12H13BrO7/c1-16-11(14)9-4-8(13)10(12(15)20-9)19-6-7-5-17-2-3-18-7/h4,7H,2-3,5-6H2,1H3. The second kappa shape index (κ2) is 6.87. The Kier molecular flexibility index (Phi) is 5.16. The Bertz CT molecular complexity index is 533. The van der Waals surface area contributed by atoms with Crippen LogP contribution in [0.2, 0.25) is 0 Å². The molecule has 1 aliphatic rings. The third-order valence-corrected chi connectivity index (χ3v) is 3.14. The molecular formula is C12H13BrO7. The zero-order valence-corrected chi connectivity index (χ0v) is 12.3. The molecule has 0 spiro atoms. The molecule has 1 unspecified atom stereocenters. The van der Waals surface area contributed by atoms with Gasteiger partial charge in [0.05, 0.1) is 31.4 Å². The van der Waals surface area contributed by atoms with Gasteiger partial charge in [-0.05, 0) is 15.9 Å². The summed E-state index contributed by atoms with van der Waals surface area (Å²) >= 11 is 3.16. The van der Waals surface area contributed by atoms with Crippen molar-refractivity contribution in [2.75, 3.05) is 33.5 Å². The summed E-state index contributed by atoms with van der Waals surface area (Å²) in [4.78, 5) is 23.0. The van der Waals surface area contributed by atoms with Gasteiger partial charge >= 0.3 is 11.6 Å². The summed E-state index contributed by atoms with van der Waals surface area (Å²) in [6.45, 7) is 1.60. The van der Waals surface area contributed by atoms with E-state index in [1.165, 1.54) is 13.2 Å². The fourth-order valence-corrected chi connectivity index (χ4v) is 2.08. The van der Waals surface area contributed by atoms with E-state index in [0.29, 0.717) is 24.3 Å².